The van der Waals surface area contributed by atoms with Gasteiger partial charge in [-0.3, -0.25) is 14.4 Å². The minimum absolute atomic E-state index is 0.0187. The summed E-state index contributed by atoms with van der Waals surface area (Å²) in [4.78, 5) is 44.2. The molecule has 10 heteroatoms. The molecule has 1 N–H and O–H groups in total. The lowest BCUT2D eigenvalue weighted by Crippen LogP contribution is -2.47. The SMILES string of the molecule is COc1cc(NC(=O)C(=O)N(C)C(c2ccc(Cl)cc2)c2ccc(Cl)cc2)c(C(=O)N2C(C)CCCC2C)cc1OC. The molecule has 3 amide bonds. The molecule has 1 aliphatic heterocycles. The monoisotopic (exact) mass is 611 g/mol. The van der Waals surface area contributed by atoms with Crippen molar-refractivity contribution < 1.29 is 23.9 Å². The number of nitrogens with zero attached hydrogens (tertiary/aromatic N) is 2. The summed E-state index contributed by atoms with van der Waals surface area (Å²) in [5, 5.41) is 3.78. The number of rotatable bonds is 7. The highest BCUT2D eigenvalue weighted by molar-refractivity contribution is 6.40. The summed E-state index contributed by atoms with van der Waals surface area (Å²) in [6.45, 7) is 4.03. The van der Waals surface area contributed by atoms with E-state index in [0.717, 1.165) is 30.4 Å². The van der Waals surface area contributed by atoms with Gasteiger partial charge in [0.05, 0.1) is 31.5 Å². The van der Waals surface area contributed by atoms with Gasteiger partial charge in [0.2, 0.25) is 0 Å². The molecule has 1 saturated heterocycles. The third-order valence-electron chi connectivity index (χ3n) is 7.70. The summed E-state index contributed by atoms with van der Waals surface area (Å²) < 4.78 is 10.9. The molecule has 2 unspecified atom stereocenters. The van der Waals surface area contributed by atoms with Crippen LogP contribution in [-0.2, 0) is 9.59 Å². The molecule has 0 saturated carbocycles. The highest BCUT2D eigenvalue weighted by Crippen LogP contribution is 2.36. The number of ether oxygens (including phenoxy) is 2. The Morgan fingerprint density at radius 3 is 1.81 bits per heavy atom. The summed E-state index contributed by atoms with van der Waals surface area (Å²) in [5.74, 6) is -1.33. The lowest BCUT2D eigenvalue weighted by atomic mass is 9.96. The summed E-state index contributed by atoms with van der Waals surface area (Å²) >= 11 is 12.2. The van der Waals surface area contributed by atoms with Crippen molar-refractivity contribution in [3.8, 4) is 11.5 Å². The van der Waals surface area contributed by atoms with Gasteiger partial charge in [0.25, 0.3) is 5.91 Å². The van der Waals surface area contributed by atoms with Gasteiger partial charge in [0.1, 0.15) is 0 Å². The van der Waals surface area contributed by atoms with Crippen molar-refractivity contribution in [1.29, 1.82) is 0 Å². The average Bonchev–Trinajstić information content (AvgIpc) is 2.98. The molecule has 2 atom stereocenters. The molecule has 8 nitrogen and oxygen atoms in total. The van der Waals surface area contributed by atoms with Crippen molar-refractivity contribution in [2.75, 3.05) is 26.6 Å². The second-order valence-corrected chi connectivity index (χ2v) is 11.3. The third-order valence-corrected chi connectivity index (χ3v) is 8.21. The average molecular weight is 613 g/mol. The second-order valence-electron chi connectivity index (χ2n) is 10.5. The first kappa shape index (κ1) is 31.2. The zero-order chi connectivity index (χ0) is 30.6. The van der Waals surface area contributed by atoms with Crippen LogP contribution in [0.15, 0.2) is 60.7 Å². The van der Waals surface area contributed by atoms with E-state index in [0.29, 0.717) is 21.5 Å². The zero-order valence-electron chi connectivity index (χ0n) is 24.3. The number of likely N-dealkylation sites (N-methyl/N-ethyl adjacent to an activating group) is 1. The minimum Gasteiger partial charge on any atom is -0.493 e. The Morgan fingerprint density at radius 1 is 0.857 bits per heavy atom. The van der Waals surface area contributed by atoms with E-state index in [4.69, 9.17) is 32.7 Å². The quantitative estimate of drug-likeness (QED) is 0.304. The number of carbonyl (C=O) groups is 3. The number of nitrogens with one attached hydrogen (secondary N) is 1. The Kier molecular flexibility index (Phi) is 10.0. The maximum atomic E-state index is 13.9. The topological polar surface area (TPSA) is 88.2 Å². The van der Waals surface area contributed by atoms with Gasteiger partial charge in [-0.2, -0.15) is 0 Å². The van der Waals surface area contributed by atoms with Gasteiger partial charge in [0.15, 0.2) is 11.5 Å². The van der Waals surface area contributed by atoms with Crippen LogP contribution in [-0.4, -0.2) is 60.9 Å². The van der Waals surface area contributed by atoms with E-state index in [-0.39, 0.29) is 29.2 Å². The smallest absolute Gasteiger partial charge is 0.313 e. The molecule has 4 rings (SSSR count). The maximum Gasteiger partial charge on any atom is 0.313 e. The summed E-state index contributed by atoms with van der Waals surface area (Å²) in [5.41, 5.74) is 1.87. The Bertz CT molecular complexity index is 1390. The number of halogens is 2. The van der Waals surface area contributed by atoms with Gasteiger partial charge in [-0.05, 0) is 74.6 Å². The molecule has 0 bridgehead atoms. The van der Waals surface area contributed by atoms with Crippen molar-refractivity contribution in [1.82, 2.24) is 9.80 Å². The zero-order valence-corrected chi connectivity index (χ0v) is 25.8. The fourth-order valence-corrected chi connectivity index (χ4v) is 5.76. The number of methoxy groups -OCH3 is 2. The van der Waals surface area contributed by atoms with E-state index >= 15 is 0 Å². The fraction of sp³-hybridized carbons (Fsp3) is 0.344. The number of carbonyl (C=O) groups excluding carboxylic acids is 3. The molecular formula is C32H35Cl2N3O5. The van der Waals surface area contributed by atoms with E-state index in [2.05, 4.69) is 5.32 Å². The van der Waals surface area contributed by atoms with Gasteiger partial charge < -0.3 is 24.6 Å². The molecule has 0 spiro atoms. The van der Waals surface area contributed by atoms with Crippen LogP contribution >= 0.6 is 23.2 Å². The fourth-order valence-electron chi connectivity index (χ4n) is 5.50. The van der Waals surface area contributed by atoms with E-state index < -0.39 is 17.9 Å². The van der Waals surface area contributed by atoms with Crippen molar-refractivity contribution in [3.63, 3.8) is 0 Å². The van der Waals surface area contributed by atoms with Gasteiger partial charge in [0, 0.05) is 35.2 Å². The Labute approximate surface area is 256 Å². The summed E-state index contributed by atoms with van der Waals surface area (Å²) in [6.07, 6.45) is 2.79. The van der Waals surface area contributed by atoms with Crippen LogP contribution in [0.1, 0.15) is 60.6 Å². The minimum atomic E-state index is -0.911. The lowest BCUT2D eigenvalue weighted by molar-refractivity contribution is -0.143. The van der Waals surface area contributed by atoms with Crippen molar-refractivity contribution in [2.24, 2.45) is 0 Å². The van der Waals surface area contributed by atoms with Crippen LogP contribution in [0.5, 0.6) is 11.5 Å². The van der Waals surface area contributed by atoms with Crippen molar-refractivity contribution >= 4 is 46.6 Å². The highest BCUT2D eigenvalue weighted by Gasteiger charge is 2.33. The lowest BCUT2D eigenvalue weighted by Gasteiger charge is -2.39. The predicted molar refractivity (Wildman–Crippen MR) is 165 cm³/mol. The first-order chi connectivity index (χ1) is 20.0. The van der Waals surface area contributed by atoms with Crippen LogP contribution in [0.2, 0.25) is 10.0 Å². The molecule has 3 aromatic carbocycles. The van der Waals surface area contributed by atoms with Crippen LogP contribution in [0, 0.1) is 0 Å². The second kappa shape index (κ2) is 13.5. The van der Waals surface area contributed by atoms with Gasteiger partial charge in [-0.25, -0.2) is 0 Å². The standard InChI is InChI=1S/C32H35Cl2N3O5/c1-19-7-6-8-20(2)37(19)31(39)25-17-27(41-4)28(42-5)18-26(25)35-30(38)32(40)36(3)29(21-9-13-23(33)14-10-21)22-11-15-24(34)16-12-22/h9-20,29H,6-8H2,1-5H3,(H,35,38). The van der Waals surface area contributed by atoms with Gasteiger partial charge in [-0.15, -0.1) is 0 Å². The number of benzene rings is 3. The maximum absolute atomic E-state index is 13.9. The summed E-state index contributed by atoms with van der Waals surface area (Å²) in [7, 11) is 4.48. The first-order valence-electron chi connectivity index (χ1n) is 13.7. The highest BCUT2D eigenvalue weighted by atomic mass is 35.5. The predicted octanol–water partition coefficient (Wildman–Crippen LogP) is 6.60. The molecule has 3 aromatic rings. The van der Waals surface area contributed by atoms with Gasteiger partial charge >= 0.3 is 11.8 Å². The number of anilines is 1. The Morgan fingerprint density at radius 2 is 1.33 bits per heavy atom. The van der Waals surface area contributed by atoms with Crippen molar-refractivity contribution in [2.45, 2.75) is 51.2 Å². The number of likely N-dealkylation sites (tertiary alicyclic amines) is 1. The van der Waals surface area contributed by atoms with Crippen LogP contribution in [0.3, 0.4) is 0 Å². The normalized spacial score (nSPS) is 16.6. The molecule has 222 valence electrons. The molecule has 1 fully saturated rings. The molecule has 1 aliphatic rings. The van der Waals surface area contributed by atoms with E-state index in [1.807, 2.05) is 18.7 Å². The van der Waals surface area contributed by atoms with Crippen LogP contribution in [0.25, 0.3) is 0 Å². The third kappa shape index (κ3) is 6.66. The first-order valence-corrected chi connectivity index (χ1v) is 14.5. The number of hydrogen-bond donors (Lipinski definition) is 1. The number of piperidine rings is 1. The number of hydrogen-bond acceptors (Lipinski definition) is 5. The molecule has 42 heavy (non-hydrogen) atoms. The Balaban J connectivity index is 1.69. The Hall–Kier alpha value is -3.75. The molecular weight excluding hydrogens is 577 g/mol. The van der Waals surface area contributed by atoms with Crippen molar-refractivity contribution in [3.05, 3.63) is 87.4 Å². The molecule has 0 radical (unpaired) electrons. The summed E-state index contributed by atoms with van der Waals surface area (Å²) in [6, 6.07) is 16.6. The van der Waals surface area contributed by atoms with Gasteiger partial charge in [-0.1, -0.05) is 47.5 Å². The molecule has 1 heterocycles. The van der Waals surface area contributed by atoms with E-state index in [1.54, 1.807) is 61.6 Å². The molecule has 0 aliphatic carbocycles. The number of amides is 3. The van der Waals surface area contributed by atoms with E-state index in [9.17, 15) is 14.4 Å². The van der Waals surface area contributed by atoms with Crippen LogP contribution < -0.4 is 14.8 Å². The van der Waals surface area contributed by atoms with Crippen LogP contribution in [0.4, 0.5) is 5.69 Å². The largest absolute Gasteiger partial charge is 0.493 e. The van der Waals surface area contributed by atoms with E-state index in [1.165, 1.54) is 25.2 Å². The molecule has 0 aromatic heterocycles.